The van der Waals surface area contributed by atoms with Crippen LogP contribution in [0.1, 0.15) is 19.3 Å². The zero-order valence-electron chi connectivity index (χ0n) is 14.4. The quantitative estimate of drug-likeness (QED) is 0.791. The van der Waals surface area contributed by atoms with Gasteiger partial charge in [-0.1, -0.05) is 0 Å². The lowest BCUT2D eigenvalue weighted by Crippen LogP contribution is -2.52. The summed E-state index contributed by atoms with van der Waals surface area (Å²) < 4.78 is 25.1. The lowest BCUT2D eigenvalue weighted by Gasteiger charge is -2.32. The number of nitrogens with zero attached hydrogens (tertiary/aromatic N) is 4. The van der Waals surface area contributed by atoms with Crippen molar-refractivity contribution in [2.24, 2.45) is 7.05 Å². The predicted molar refractivity (Wildman–Crippen MR) is 91.9 cm³/mol. The van der Waals surface area contributed by atoms with E-state index >= 15 is 0 Å². The standard InChI is InChI=1S/C15H23N5O4S/c1-18-9-11(8-16-18)20-7-5-13(14(20)21)17-15(22)19-6-3-4-12(10-19)25(2,23)24/h8-9,12-13H,3-7,10H2,1-2H3,(H,17,22). The fourth-order valence-electron chi connectivity index (χ4n) is 3.33. The molecule has 1 aromatic heterocycles. The van der Waals surface area contributed by atoms with Crippen LogP contribution in [0.3, 0.4) is 0 Å². The highest BCUT2D eigenvalue weighted by Gasteiger charge is 2.36. The largest absolute Gasteiger partial charge is 0.326 e. The maximum atomic E-state index is 12.5. The van der Waals surface area contributed by atoms with Gasteiger partial charge >= 0.3 is 6.03 Å². The van der Waals surface area contributed by atoms with Crippen molar-refractivity contribution in [2.45, 2.75) is 30.6 Å². The van der Waals surface area contributed by atoms with E-state index in [2.05, 4.69) is 10.4 Å². The molecule has 1 aromatic rings. The van der Waals surface area contributed by atoms with E-state index in [9.17, 15) is 18.0 Å². The average molecular weight is 369 g/mol. The van der Waals surface area contributed by atoms with Gasteiger partial charge < -0.3 is 15.1 Å². The first kappa shape index (κ1) is 17.7. The Bertz CT molecular complexity index is 775. The Hall–Kier alpha value is -2.10. The second-order valence-electron chi connectivity index (χ2n) is 6.69. The second-order valence-corrected chi connectivity index (χ2v) is 9.02. The maximum absolute atomic E-state index is 12.5. The number of urea groups is 1. The summed E-state index contributed by atoms with van der Waals surface area (Å²) in [6.45, 7) is 1.20. The van der Waals surface area contributed by atoms with Gasteiger partial charge in [-0.15, -0.1) is 0 Å². The third kappa shape index (κ3) is 3.78. The van der Waals surface area contributed by atoms with Gasteiger partial charge in [0.2, 0.25) is 5.91 Å². The molecule has 0 saturated carbocycles. The van der Waals surface area contributed by atoms with Crippen molar-refractivity contribution >= 4 is 27.5 Å². The molecule has 2 atom stereocenters. The van der Waals surface area contributed by atoms with Crippen molar-refractivity contribution in [1.82, 2.24) is 20.0 Å². The number of rotatable bonds is 3. The minimum Gasteiger partial charge on any atom is -0.326 e. The van der Waals surface area contributed by atoms with Crippen molar-refractivity contribution < 1.29 is 18.0 Å². The Labute approximate surface area is 146 Å². The van der Waals surface area contributed by atoms with E-state index in [1.54, 1.807) is 29.0 Å². The van der Waals surface area contributed by atoms with Gasteiger partial charge in [0.15, 0.2) is 9.84 Å². The Morgan fingerprint density at radius 1 is 1.32 bits per heavy atom. The maximum Gasteiger partial charge on any atom is 0.318 e. The zero-order valence-corrected chi connectivity index (χ0v) is 15.2. The number of anilines is 1. The number of carbonyl (C=O) groups is 2. The average Bonchev–Trinajstić information content (AvgIpc) is 3.13. The topological polar surface area (TPSA) is 105 Å². The van der Waals surface area contributed by atoms with Crippen molar-refractivity contribution in [2.75, 3.05) is 30.8 Å². The summed E-state index contributed by atoms with van der Waals surface area (Å²) in [6.07, 6.45) is 6.30. The van der Waals surface area contributed by atoms with E-state index in [0.29, 0.717) is 38.0 Å². The van der Waals surface area contributed by atoms with Crippen molar-refractivity contribution in [3.05, 3.63) is 12.4 Å². The molecule has 2 aliphatic rings. The first-order valence-electron chi connectivity index (χ1n) is 8.30. The van der Waals surface area contributed by atoms with Gasteiger partial charge in [0.05, 0.1) is 17.1 Å². The van der Waals surface area contributed by atoms with Crippen LogP contribution in [0.4, 0.5) is 10.5 Å². The van der Waals surface area contributed by atoms with Crippen LogP contribution in [-0.4, -0.2) is 72.2 Å². The Morgan fingerprint density at radius 2 is 2.08 bits per heavy atom. The number of hydrogen-bond donors (Lipinski definition) is 1. The monoisotopic (exact) mass is 369 g/mol. The van der Waals surface area contributed by atoms with Gasteiger partial charge in [-0.3, -0.25) is 9.48 Å². The Balaban J connectivity index is 1.61. The van der Waals surface area contributed by atoms with Gasteiger partial charge in [-0.2, -0.15) is 5.10 Å². The molecule has 138 valence electrons. The summed E-state index contributed by atoms with van der Waals surface area (Å²) in [5, 5.41) is 6.28. The number of amides is 3. The highest BCUT2D eigenvalue weighted by molar-refractivity contribution is 7.91. The molecule has 0 spiro atoms. The van der Waals surface area contributed by atoms with Crippen molar-refractivity contribution in [1.29, 1.82) is 0 Å². The van der Waals surface area contributed by atoms with Crippen LogP contribution in [0.2, 0.25) is 0 Å². The highest BCUT2D eigenvalue weighted by Crippen LogP contribution is 2.21. The normalized spacial score (nSPS) is 24.6. The second kappa shape index (κ2) is 6.66. The van der Waals surface area contributed by atoms with Gasteiger partial charge in [0.25, 0.3) is 0 Å². The summed E-state index contributed by atoms with van der Waals surface area (Å²) in [5.41, 5.74) is 0.708. The molecule has 9 nitrogen and oxygen atoms in total. The molecule has 1 N–H and O–H groups in total. The summed E-state index contributed by atoms with van der Waals surface area (Å²) >= 11 is 0. The minimum absolute atomic E-state index is 0.168. The van der Waals surface area contributed by atoms with Gasteiger partial charge in [0, 0.05) is 39.1 Å². The van der Waals surface area contributed by atoms with E-state index < -0.39 is 21.1 Å². The minimum atomic E-state index is -3.18. The Kier molecular flexibility index (Phi) is 4.72. The fourth-order valence-corrected chi connectivity index (χ4v) is 4.38. The van der Waals surface area contributed by atoms with Crippen LogP contribution in [0, 0.1) is 0 Å². The molecule has 3 amide bonds. The summed E-state index contributed by atoms with van der Waals surface area (Å²) in [7, 11) is -1.40. The summed E-state index contributed by atoms with van der Waals surface area (Å²) in [4.78, 5) is 28.1. The van der Waals surface area contributed by atoms with E-state index in [4.69, 9.17) is 0 Å². The lowest BCUT2D eigenvalue weighted by molar-refractivity contribution is -0.118. The SMILES string of the molecule is Cn1cc(N2CCC(NC(=O)N3CCCC(S(C)(=O)=O)C3)C2=O)cn1. The molecular formula is C15H23N5O4S. The van der Waals surface area contributed by atoms with Crippen LogP contribution in [0.5, 0.6) is 0 Å². The van der Waals surface area contributed by atoms with Gasteiger partial charge in [-0.05, 0) is 19.3 Å². The van der Waals surface area contributed by atoms with Crippen molar-refractivity contribution in [3.63, 3.8) is 0 Å². The number of nitrogens with one attached hydrogen (secondary N) is 1. The number of piperidine rings is 1. The molecular weight excluding hydrogens is 346 g/mol. The molecule has 2 fully saturated rings. The van der Waals surface area contributed by atoms with E-state index in [0.717, 1.165) is 0 Å². The molecule has 25 heavy (non-hydrogen) atoms. The lowest BCUT2D eigenvalue weighted by atomic mass is 10.1. The zero-order chi connectivity index (χ0) is 18.2. The number of sulfone groups is 1. The van der Waals surface area contributed by atoms with Gasteiger partial charge in [-0.25, -0.2) is 13.2 Å². The molecule has 0 radical (unpaired) electrons. The Morgan fingerprint density at radius 3 is 2.72 bits per heavy atom. The van der Waals surface area contributed by atoms with E-state index in [1.807, 2.05) is 0 Å². The van der Waals surface area contributed by atoms with Gasteiger partial charge in [0.1, 0.15) is 6.04 Å². The molecule has 2 aliphatic heterocycles. The smallest absolute Gasteiger partial charge is 0.318 e. The molecule has 0 aromatic carbocycles. The number of hydrogen-bond acceptors (Lipinski definition) is 5. The number of likely N-dealkylation sites (tertiary alicyclic amines) is 1. The highest BCUT2D eigenvalue weighted by atomic mass is 32.2. The number of aryl methyl sites for hydroxylation is 1. The third-order valence-electron chi connectivity index (χ3n) is 4.78. The summed E-state index contributed by atoms with van der Waals surface area (Å²) in [6, 6.07) is -0.967. The molecule has 3 rings (SSSR count). The molecule has 3 heterocycles. The number of carbonyl (C=O) groups excluding carboxylic acids is 2. The molecule has 2 saturated heterocycles. The van der Waals surface area contributed by atoms with Crippen LogP contribution in [0.25, 0.3) is 0 Å². The van der Waals surface area contributed by atoms with Crippen LogP contribution < -0.4 is 10.2 Å². The summed E-state index contributed by atoms with van der Waals surface area (Å²) in [5.74, 6) is -0.168. The fraction of sp³-hybridized carbons (Fsp3) is 0.667. The first-order valence-corrected chi connectivity index (χ1v) is 10.3. The first-order chi connectivity index (χ1) is 11.8. The van der Waals surface area contributed by atoms with E-state index in [-0.39, 0.29) is 18.5 Å². The number of aromatic nitrogens is 2. The molecule has 0 aliphatic carbocycles. The van der Waals surface area contributed by atoms with Crippen molar-refractivity contribution in [3.8, 4) is 0 Å². The van der Waals surface area contributed by atoms with Crippen LogP contribution in [-0.2, 0) is 21.7 Å². The molecule has 10 heteroatoms. The molecule has 2 unspecified atom stereocenters. The van der Waals surface area contributed by atoms with Crippen LogP contribution >= 0.6 is 0 Å². The molecule has 0 bridgehead atoms. The van der Waals surface area contributed by atoms with E-state index in [1.165, 1.54) is 11.2 Å². The third-order valence-corrected chi connectivity index (χ3v) is 6.37. The van der Waals surface area contributed by atoms with Crippen LogP contribution in [0.15, 0.2) is 12.4 Å². The predicted octanol–water partition coefficient (Wildman–Crippen LogP) is -0.256.